The molecule has 0 aliphatic heterocycles. The molecule has 0 saturated heterocycles. The zero-order valence-corrected chi connectivity index (χ0v) is 8.76. The summed E-state index contributed by atoms with van der Waals surface area (Å²) in [5, 5.41) is 0. The van der Waals surface area contributed by atoms with Gasteiger partial charge in [-0.3, -0.25) is 9.13 Å². The molecule has 0 fully saturated rings. The molecule has 0 saturated carbocycles. The highest BCUT2D eigenvalue weighted by atomic mass is 31.3. The lowest BCUT2D eigenvalue weighted by Gasteiger charge is -2.15. The molecule has 0 aliphatic rings. The Labute approximate surface area is 71.5 Å². The van der Waals surface area contributed by atoms with E-state index in [1.54, 1.807) is 0 Å². The maximum atomic E-state index is 11.3. The minimum Gasteiger partial charge on any atom is -0.324 e. The fraction of sp³-hybridized carbons (Fsp3) is 0.600. The highest BCUT2D eigenvalue weighted by Gasteiger charge is 2.29. The second-order valence-electron chi connectivity index (χ2n) is 2.15. The largest absolute Gasteiger partial charge is 0.341 e. The van der Waals surface area contributed by atoms with Crippen LogP contribution < -0.4 is 0 Å². The summed E-state index contributed by atoms with van der Waals surface area (Å²) < 4.78 is 30.9. The Bertz CT molecular complexity index is 242. The molecule has 0 amide bonds. The van der Waals surface area contributed by atoms with Gasteiger partial charge in [-0.2, -0.15) is 0 Å². The molecule has 1 N–H and O–H groups in total. The number of rotatable bonds is 5. The number of allylic oxidation sites excluding steroid dienone is 1. The van der Waals surface area contributed by atoms with Gasteiger partial charge in [0.05, 0.1) is 6.16 Å². The SMILES string of the molecule is C=CCP(=O)(OC)OP(C)(=O)O. The van der Waals surface area contributed by atoms with Crippen LogP contribution in [0, 0.1) is 0 Å². The summed E-state index contributed by atoms with van der Waals surface area (Å²) in [5.74, 6) is 0. The second-order valence-corrected chi connectivity index (χ2v) is 6.36. The van der Waals surface area contributed by atoms with Crippen molar-refractivity contribution >= 4 is 15.2 Å². The molecule has 0 aromatic heterocycles. The van der Waals surface area contributed by atoms with Crippen molar-refractivity contribution in [3.63, 3.8) is 0 Å². The average molecular weight is 214 g/mol. The molecule has 0 radical (unpaired) electrons. The average Bonchev–Trinajstić information content (AvgIpc) is 1.84. The van der Waals surface area contributed by atoms with E-state index in [-0.39, 0.29) is 6.16 Å². The topological polar surface area (TPSA) is 72.8 Å². The van der Waals surface area contributed by atoms with Crippen molar-refractivity contribution < 1.29 is 22.9 Å². The second kappa shape index (κ2) is 4.35. The van der Waals surface area contributed by atoms with E-state index in [2.05, 4.69) is 15.4 Å². The highest BCUT2D eigenvalue weighted by Crippen LogP contribution is 2.59. The monoisotopic (exact) mass is 214 g/mol. The van der Waals surface area contributed by atoms with E-state index in [1.165, 1.54) is 6.08 Å². The Kier molecular flexibility index (Phi) is 4.38. The lowest BCUT2D eigenvalue weighted by Crippen LogP contribution is -1.93. The lowest BCUT2D eigenvalue weighted by molar-refractivity contribution is 0.303. The van der Waals surface area contributed by atoms with Crippen molar-refractivity contribution in [2.24, 2.45) is 0 Å². The maximum Gasteiger partial charge on any atom is 0.341 e. The van der Waals surface area contributed by atoms with Crippen molar-refractivity contribution in [1.82, 2.24) is 0 Å². The predicted octanol–water partition coefficient (Wildman–Crippen LogP) is 1.84. The van der Waals surface area contributed by atoms with Gasteiger partial charge in [0.25, 0.3) is 0 Å². The van der Waals surface area contributed by atoms with Gasteiger partial charge in [-0.05, 0) is 0 Å². The van der Waals surface area contributed by atoms with Gasteiger partial charge >= 0.3 is 15.2 Å². The van der Waals surface area contributed by atoms with Crippen LogP contribution in [0.4, 0.5) is 0 Å². The van der Waals surface area contributed by atoms with E-state index in [0.29, 0.717) is 0 Å². The lowest BCUT2D eigenvalue weighted by atomic mass is 10.8. The molecule has 5 nitrogen and oxygen atoms in total. The van der Waals surface area contributed by atoms with Crippen molar-refractivity contribution in [1.29, 1.82) is 0 Å². The van der Waals surface area contributed by atoms with Crippen LogP contribution in [0.2, 0.25) is 0 Å². The molecule has 0 bridgehead atoms. The zero-order valence-electron chi connectivity index (χ0n) is 6.97. The van der Waals surface area contributed by atoms with E-state index in [9.17, 15) is 9.13 Å². The first kappa shape index (κ1) is 12.1. The van der Waals surface area contributed by atoms with Crippen LogP contribution in [-0.2, 0) is 18.0 Å². The van der Waals surface area contributed by atoms with Crippen LogP contribution in [0.3, 0.4) is 0 Å². The zero-order chi connectivity index (χ0) is 9.83. The van der Waals surface area contributed by atoms with Gasteiger partial charge in [-0.1, -0.05) is 6.08 Å². The maximum absolute atomic E-state index is 11.3. The summed E-state index contributed by atoms with van der Waals surface area (Å²) in [6.45, 7) is 4.27. The van der Waals surface area contributed by atoms with E-state index in [0.717, 1.165) is 13.8 Å². The molecule has 12 heavy (non-hydrogen) atoms. The third kappa shape index (κ3) is 4.86. The highest BCUT2D eigenvalue weighted by molar-refractivity contribution is 7.66. The van der Waals surface area contributed by atoms with E-state index >= 15 is 0 Å². The minimum atomic E-state index is -3.77. The van der Waals surface area contributed by atoms with Gasteiger partial charge in [-0.15, -0.1) is 6.58 Å². The van der Waals surface area contributed by atoms with Crippen molar-refractivity contribution in [3.8, 4) is 0 Å². The van der Waals surface area contributed by atoms with Crippen molar-refractivity contribution in [2.75, 3.05) is 19.9 Å². The summed E-state index contributed by atoms with van der Waals surface area (Å²) in [6.07, 6.45) is 1.22. The molecule has 0 aromatic rings. The van der Waals surface area contributed by atoms with Gasteiger partial charge in [-0.25, -0.2) is 4.31 Å². The van der Waals surface area contributed by atoms with Gasteiger partial charge < -0.3 is 9.42 Å². The molecule has 0 aliphatic carbocycles. The molecule has 2 atom stereocenters. The van der Waals surface area contributed by atoms with Crippen molar-refractivity contribution in [3.05, 3.63) is 12.7 Å². The van der Waals surface area contributed by atoms with Crippen LogP contribution in [0.15, 0.2) is 12.7 Å². The quantitative estimate of drug-likeness (QED) is 0.558. The molecular weight excluding hydrogens is 202 g/mol. The standard InChI is InChI=1S/C5H12O5P2/c1-4-5-12(8,9-2)10-11(3,6)7/h4H,1,5H2,2-3H3,(H,6,7). The fourth-order valence-electron chi connectivity index (χ4n) is 0.530. The fourth-order valence-corrected chi connectivity index (χ4v) is 3.38. The van der Waals surface area contributed by atoms with Crippen molar-refractivity contribution in [2.45, 2.75) is 0 Å². The summed E-state index contributed by atoms with van der Waals surface area (Å²) in [5.41, 5.74) is 0. The smallest absolute Gasteiger partial charge is 0.324 e. The van der Waals surface area contributed by atoms with E-state index in [1.807, 2.05) is 0 Å². The van der Waals surface area contributed by atoms with Crippen LogP contribution in [-0.4, -0.2) is 24.8 Å². The minimum absolute atomic E-state index is 0.0815. The Morgan fingerprint density at radius 1 is 1.58 bits per heavy atom. The van der Waals surface area contributed by atoms with Crippen LogP contribution in [0.5, 0.6) is 0 Å². The van der Waals surface area contributed by atoms with Crippen LogP contribution >= 0.6 is 15.2 Å². The number of hydrogen-bond acceptors (Lipinski definition) is 4. The summed E-state index contributed by atoms with van der Waals surface area (Å²) in [4.78, 5) is 8.76. The summed E-state index contributed by atoms with van der Waals surface area (Å²) >= 11 is 0. The van der Waals surface area contributed by atoms with Gasteiger partial charge in [0, 0.05) is 13.8 Å². The molecule has 7 heteroatoms. The molecule has 0 aromatic carbocycles. The predicted molar refractivity (Wildman–Crippen MR) is 46.5 cm³/mol. The van der Waals surface area contributed by atoms with Gasteiger partial charge in [0.15, 0.2) is 0 Å². The van der Waals surface area contributed by atoms with Gasteiger partial charge in [0.1, 0.15) is 0 Å². The van der Waals surface area contributed by atoms with Crippen LogP contribution in [0.25, 0.3) is 0 Å². The Balaban J connectivity index is 4.45. The molecular formula is C5H12O5P2. The summed E-state index contributed by atoms with van der Waals surface area (Å²) in [6, 6.07) is 0. The molecule has 0 heterocycles. The molecule has 72 valence electrons. The first-order chi connectivity index (χ1) is 5.33. The Hall–Kier alpha value is 0.0800. The first-order valence-corrected chi connectivity index (χ1v) is 6.85. The van der Waals surface area contributed by atoms with E-state index < -0.39 is 15.2 Å². The Morgan fingerprint density at radius 2 is 2.08 bits per heavy atom. The summed E-state index contributed by atoms with van der Waals surface area (Å²) in [7, 11) is -6.07. The van der Waals surface area contributed by atoms with E-state index in [4.69, 9.17) is 4.89 Å². The van der Waals surface area contributed by atoms with Crippen LogP contribution in [0.1, 0.15) is 0 Å². The third-order valence-electron chi connectivity index (χ3n) is 0.907. The number of hydrogen-bond donors (Lipinski definition) is 1. The molecule has 0 spiro atoms. The normalized spacial score (nSPS) is 20.9. The molecule has 2 unspecified atom stereocenters. The Morgan fingerprint density at radius 3 is 2.33 bits per heavy atom. The van der Waals surface area contributed by atoms with Gasteiger partial charge in [0.2, 0.25) is 0 Å². The first-order valence-electron chi connectivity index (χ1n) is 3.10. The third-order valence-corrected chi connectivity index (χ3v) is 4.38. The molecule has 0 rings (SSSR count).